The Kier molecular flexibility index (Phi) is 5.40. The van der Waals surface area contributed by atoms with Crippen LogP contribution in [0.1, 0.15) is 5.56 Å². The molecule has 3 heterocycles. The smallest absolute Gasteiger partial charge is 0.152 e. The molecule has 0 radical (unpaired) electrons. The molecule has 4 aromatic rings. The lowest BCUT2D eigenvalue weighted by atomic mass is 10.1. The van der Waals surface area contributed by atoms with Gasteiger partial charge in [0.25, 0.3) is 0 Å². The molecule has 0 aliphatic carbocycles. The van der Waals surface area contributed by atoms with Crippen LogP contribution in [-0.2, 0) is 6.54 Å². The van der Waals surface area contributed by atoms with Gasteiger partial charge in [-0.25, -0.2) is 9.07 Å². The highest BCUT2D eigenvalue weighted by Gasteiger charge is 2.21. The summed E-state index contributed by atoms with van der Waals surface area (Å²) in [6, 6.07) is 18.5. The van der Waals surface area contributed by atoms with E-state index in [-0.39, 0.29) is 5.82 Å². The summed E-state index contributed by atoms with van der Waals surface area (Å²) in [5.41, 5.74) is 4.88. The Balaban J connectivity index is 1.47. The highest BCUT2D eigenvalue weighted by Crippen LogP contribution is 2.29. The molecule has 0 N–H and O–H groups in total. The van der Waals surface area contributed by atoms with E-state index in [0.29, 0.717) is 0 Å². The summed E-state index contributed by atoms with van der Waals surface area (Å²) >= 11 is 0. The molecule has 6 heteroatoms. The van der Waals surface area contributed by atoms with Gasteiger partial charge in [-0.15, -0.1) is 0 Å². The van der Waals surface area contributed by atoms with E-state index in [1.54, 1.807) is 18.4 Å². The number of aromatic nitrogens is 2. The third-order valence-electron chi connectivity index (χ3n) is 5.86. The third kappa shape index (κ3) is 4.17. The molecule has 5 nitrogen and oxygen atoms in total. The number of hydrogen-bond acceptors (Lipinski definition) is 4. The first-order valence-corrected chi connectivity index (χ1v) is 10.6. The molecule has 2 aromatic heterocycles. The summed E-state index contributed by atoms with van der Waals surface area (Å²) < 4.78 is 21.3. The Morgan fingerprint density at radius 1 is 0.935 bits per heavy atom. The Labute approximate surface area is 181 Å². The lowest BCUT2D eigenvalue weighted by molar-refractivity contribution is 0.148. The van der Waals surface area contributed by atoms with Crippen LogP contribution < -0.4 is 0 Å². The van der Waals surface area contributed by atoms with E-state index >= 15 is 0 Å². The molecule has 0 atom stereocenters. The van der Waals surface area contributed by atoms with Crippen LogP contribution >= 0.6 is 0 Å². The van der Waals surface area contributed by atoms with E-state index in [1.165, 1.54) is 6.07 Å². The van der Waals surface area contributed by atoms with Crippen LogP contribution in [0.3, 0.4) is 0 Å². The van der Waals surface area contributed by atoms with E-state index in [9.17, 15) is 4.39 Å². The first-order valence-electron chi connectivity index (χ1n) is 10.6. The number of likely N-dealkylation sites (N-methyl/N-ethyl adjacent to an activating group) is 1. The summed E-state index contributed by atoms with van der Waals surface area (Å²) in [6.45, 7) is 5.08. The van der Waals surface area contributed by atoms with Gasteiger partial charge in [-0.05, 0) is 54.6 Å². The molecular formula is C25H25FN4O. The molecule has 1 aliphatic rings. The first kappa shape index (κ1) is 19.7. The van der Waals surface area contributed by atoms with E-state index < -0.39 is 0 Å². The average Bonchev–Trinajstić information content (AvgIpc) is 3.45. The summed E-state index contributed by atoms with van der Waals surface area (Å²) in [6.07, 6.45) is 3.63. The Bertz CT molecular complexity index is 1140. The van der Waals surface area contributed by atoms with Gasteiger partial charge in [0.2, 0.25) is 0 Å². The van der Waals surface area contributed by atoms with E-state index in [0.717, 1.165) is 66.6 Å². The zero-order chi connectivity index (χ0) is 21.2. The molecule has 2 aromatic carbocycles. The van der Waals surface area contributed by atoms with Crippen molar-refractivity contribution >= 4 is 0 Å². The minimum atomic E-state index is -0.234. The maximum absolute atomic E-state index is 13.6. The molecule has 1 aliphatic heterocycles. The largest absolute Gasteiger partial charge is 0.463 e. The van der Waals surface area contributed by atoms with Crippen molar-refractivity contribution in [3.8, 4) is 28.3 Å². The van der Waals surface area contributed by atoms with Gasteiger partial charge >= 0.3 is 0 Å². The van der Waals surface area contributed by atoms with Crippen molar-refractivity contribution in [1.29, 1.82) is 0 Å². The van der Waals surface area contributed by atoms with Crippen LogP contribution in [0, 0.1) is 5.82 Å². The lowest BCUT2D eigenvalue weighted by Crippen LogP contribution is -2.43. The zero-order valence-corrected chi connectivity index (χ0v) is 17.5. The Hall–Kier alpha value is -3.22. The van der Waals surface area contributed by atoms with Crippen molar-refractivity contribution in [3.05, 3.63) is 84.5 Å². The number of halogens is 1. The fourth-order valence-corrected chi connectivity index (χ4v) is 4.08. The van der Waals surface area contributed by atoms with Crippen LogP contribution in [0.4, 0.5) is 4.39 Å². The van der Waals surface area contributed by atoms with Gasteiger partial charge in [-0.3, -0.25) is 4.90 Å². The fourth-order valence-electron chi connectivity index (χ4n) is 4.08. The molecule has 31 heavy (non-hydrogen) atoms. The molecule has 0 bridgehead atoms. The van der Waals surface area contributed by atoms with Gasteiger partial charge in [-0.1, -0.05) is 24.3 Å². The minimum Gasteiger partial charge on any atom is -0.463 e. The number of nitrogens with zero attached hydrogens (tertiary/aromatic N) is 4. The average molecular weight is 417 g/mol. The van der Waals surface area contributed by atoms with Crippen LogP contribution in [0.25, 0.3) is 28.3 Å². The van der Waals surface area contributed by atoms with Crippen molar-refractivity contribution in [3.63, 3.8) is 0 Å². The first-order chi connectivity index (χ1) is 15.2. The second kappa shape index (κ2) is 8.49. The number of hydrogen-bond donors (Lipinski definition) is 0. The van der Waals surface area contributed by atoms with Gasteiger partial charge in [0, 0.05) is 38.3 Å². The Morgan fingerprint density at radius 2 is 1.74 bits per heavy atom. The molecule has 1 fully saturated rings. The van der Waals surface area contributed by atoms with E-state index in [2.05, 4.69) is 16.8 Å². The third-order valence-corrected chi connectivity index (χ3v) is 5.86. The normalized spacial score (nSPS) is 15.4. The zero-order valence-electron chi connectivity index (χ0n) is 17.5. The number of piperazine rings is 1. The van der Waals surface area contributed by atoms with Crippen LogP contribution in [0.15, 0.2) is 77.5 Å². The minimum absolute atomic E-state index is 0.234. The van der Waals surface area contributed by atoms with Crippen molar-refractivity contribution in [2.45, 2.75) is 6.54 Å². The standard InChI is InChI=1S/C25H25FN4O/c1-28-11-13-29(14-12-28)18-21-17-27-30(25(21)24-6-3-15-31-24)23-9-7-19(8-10-23)20-4-2-5-22(26)16-20/h2-10,15-17H,11-14,18H2,1H3. The molecule has 0 amide bonds. The Morgan fingerprint density at radius 3 is 2.45 bits per heavy atom. The van der Waals surface area contributed by atoms with Crippen LogP contribution in [-0.4, -0.2) is 52.8 Å². The van der Waals surface area contributed by atoms with Crippen molar-refractivity contribution in [1.82, 2.24) is 19.6 Å². The predicted molar refractivity (Wildman–Crippen MR) is 119 cm³/mol. The molecule has 1 saturated heterocycles. The maximum Gasteiger partial charge on any atom is 0.152 e. The summed E-state index contributed by atoms with van der Waals surface area (Å²) in [5, 5.41) is 4.70. The highest BCUT2D eigenvalue weighted by atomic mass is 19.1. The number of furan rings is 1. The van der Waals surface area contributed by atoms with E-state index in [1.807, 2.05) is 53.3 Å². The summed E-state index contributed by atoms with van der Waals surface area (Å²) in [5.74, 6) is 0.568. The molecule has 0 saturated carbocycles. The molecule has 0 spiro atoms. The molecule has 0 unspecified atom stereocenters. The van der Waals surface area contributed by atoms with Crippen LogP contribution in [0.2, 0.25) is 0 Å². The van der Waals surface area contributed by atoms with Gasteiger partial charge in [0.1, 0.15) is 11.5 Å². The van der Waals surface area contributed by atoms with Gasteiger partial charge < -0.3 is 9.32 Å². The van der Waals surface area contributed by atoms with Gasteiger partial charge in [-0.2, -0.15) is 5.10 Å². The molecule has 5 rings (SSSR count). The number of rotatable bonds is 5. The quantitative estimate of drug-likeness (QED) is 0.473. The van der Waals surface area contributed by atoms with Gasteiger partial charge in [0.15, 0.2) is 5.76 Å². The van der Waals surface area contributed by atoms with Crippen molar-refractivity contribution in [2.24, 2.45) is 0 Å². The summed E-state index contributed by atoms with van der Waals surface area (Å²) in [4.78, 5) is 4.81. The second-order valence-corrected chi connectivity index (χ2v) is 8.04. The topological polar surface area (TPSA) is 37.4 Å². The highest BCUT2D eigenvalue weighted by molar-refractivity contribution is 5.66. The predicted octanol–water partition coefficient (Wildman–Crippen LogP) is 4.69. The van der Waals surface area contributed by atoms with E-state index in [4.69, 9.17) is 9.52 Å². The maximum atomic E-state index is 13.6. The van der Waals surface area contributed by atoms with Crippen molar-refractivity contribution < 1.29 is 8.81 Å². The van der Waals surface area contributed by atoms with Crippen molar-refractivity contribution in [2.75, 3.05) is 33.2 Å². The monoisotopic (exact) mass is 416 g/mol. The lowest BCUT2D eigenvalue weighted by Gasteiger charge is -2.32. The number of benzene rings is 2. The van der Waals surface area contributed by atoms with Gasteiger partial charge in [0.05, 0.1) is 18.1 Å². The molecular weight excluding hydrogens is 391 g/mol. The SMILES string of the molecule is CN1CCN(Cc2cnn(-c3ccc(-c4cccc(F)c4)cc3)c2-c2ccco2)CC1. The van der Waals surface area contributed by atoms with Crippen LogP contribution in [0.5, 0.6) is 0 Å². The fraction of sp³-hybridized carbons (Fsp3) is 0.240. The summed E-state index contributed by atoms with van der Waals surface area (Å²) in [7, 11) is 2.16. The second-order valence-electron chi connectivity index (χ2n) is 8.04. The molecule has 158 valence electrons.